The monoisotopic (exact) mass is 1190 g/mol. The standard InChI is InChI=1S/C14H20N2O3.C13H17FN2O3.C10H17F3N2O3.C10H20N2O3.C8H18N2O2/c1-9-2-4-10(5-3-9)6-11(14(18)19)7-13(17)12(16)8-15;14-10-3-1-8(2-4-10)5-9(13(18)19)6-12(17)11(16)7-15;11-10(12,13)3-1-2-6(9(17)18)4-8(16)7(15)5-14;1-2-3-4-7(10(14)15)5-9(13)8(12)6-11;1-6(4-8(11)12)2-3-7(10)5-9/h2-5,11-12H,6-8,15-16H2,1H3,(H,18,19);1-4,9,11H,5-7,15-16H2,(H,18,19);6-7H,1-5,14-15H2,(H,17,18);7-8H,2-6,11-12H2,1H3,(H,14,15);6-7H,2-5,9-10H2,1H3,(H,11,12)/t11-,12-;9?,11-;6-,7-;7-,8-;6-,7+/m11110/s1. The summed E-state index contributed by atoms with van der Waals surface area (Å²) >= 11 is 0. The fourth-order valence-corrected chi connectivity index (χ4v) is 7.15. The molecule has 0 spiro atoms. The van der Waals surface area contributed by atoms with Crippen molar-refractivity contribution >= 4 is 53.0 Å². The summed E-state index contributed by atoms with van der Waals surface area (Å²) in [6.45, 7) is 6.30. The van der Waals surface area contributed by atoms with Crippen LogP contribution in [0.4, 0.5) is 17.6 Å². The van der Waals surface area contributed by atoms with Crippen molar-refractivity contribution in [2.24, 2.45) is 86.9 Å². The van der Waals surface area contributed by atoms with Gasteiger partial charge in [-0.1, -0.05) is 68.7 Å². The molecule has 1 unspecified atom stereocenters. The predicted octanol–water partition coefficient (Wildman–Crippen LogP) is 1.75. The van der Waals surface area contributed by atoms with Crippen LogP contribution in [0.15, 0.2) is 48.5 Å². The Hall–Kier alpha value is -6.21. The predicted molar refractivity (Wildman–Crippen MR) is 303 cm³/mol. The lowest BCUT2D eigenvalue weighted by atomic mass is 9.92. The molecule has 474 valence electrons. The Morgan fingerprint density at radius 3 is 1.08 bits per heavy atom. The maximum Gasteiger partial charge on any atom is 0.389 e. The van der Waals surface area contributed by atoms with Crippen molar-refractivity contribution in [1.29, 1.82) is 0 Å². The van der Waals surface area contributed by atoms with Gasteiger partial charge in [0, 0.05) is 77.3 Å². The molecule has 0 aliphatic rings. The number of nitrogens with two attached hydrogens (primary N) is 10. The minimum atomic E-state index is -4.32. The molecule has 83 heavy (non-hydrogen) atoms. The van der Waals surface area contributed by atoms with Gasteiger partial charge in [-0.25, -0.2) is 4.39 Å². The Morgan fingerprint density at radius 2 is 0.795 bits per heavy atom. The number of carbonyl (C=O) groups is 9. The summed E-state index contributed by atoms with van der Waals surface area (Å²) in [6, 6.07) is 9.79. The number of aryl methyl sites for hydroxylation is 1. The van der Waals surface area contributed by atoms with E-state index >= 15 is 0 Å². The van der Waals surface area contributed by atoms with E-state index in [9.17, 15) is 60.7 Å². The van der Waals surface area contributed by atoms with E-state index in [1.807, 2.05) is 45.0 Å². The molecule has 0 aliphatic carbocycles. The van der Waals surface area contributed by atoms with Crippen LogP contribution in [-0.4, -0.2) is 148 Å². The zero-order valence-electron chi connectivity index (χ0n) is 47.7. The number of ketones is 4. The summed E-state index contributed by atoms with van der Waals surface area (Å²) in [6.07, 6.45) is -1.98. The van der Waals surface area contributed by atoms with Crippen LogP contribution in [0.2, 0.25) is 0 Å². The van der Waals surface area contributed by atoms with Gasteiger partial charge in [0.25, 0.3) is 0 Å². The lowest BCUT2D eigenvalue weighted by Gasteiger charge is -2.14. The molecule has 0 aromatic heterocycles. The molecule has 0 amide bonds. The number of Topliss-reactive ketones (excluding diaryl/α,β-unsaturated/α-hetero) is 4. The molecule has 2 aromatic carbocycles. The third-order valence-corrected chi connectivity index (χ3v) is 12.6. The van der Waals surface area contributed by atoms with Crippen molar-refractivity contribution in [1.82, 2.24) is 0 Å². The lowest BCUT2D eigenvalue weighted by molar-refractivity contribution is -0.147. The molecule has 28 heteroatoms. The van der Waals surface area contributed by atoms with Gasteiger partial charge in [-0.15, -0.1) is 0 Å². The molecule has 24 nitrogen and oxygen atoms in total. The molecule has 0 fully saturated rings. The number of aliphatic carboxylic acids is 5. The number of carboxylic acid groups (broad SMARTS) is 5. The third-order valence-electron chi connectivity index (χ3n) is 12.6. The maximum absolute atomic E-state index is 12.7. The first-order valence-corrected chi connectivity index (χ1v) is 27.0. The number of carbonyl (C=O) groups excluding carboxylic acids is 4. The minimum absolute atomic E-state index is 0.00625. The van der Waals surface area contributed by atoms with Crippen LogP contribution >= 0.6 is 0 Å². The van der Waals surface area contributed by atoms with E-state index in [-0.39, 0.29) is 107 Å². The van der Waals surface area contributed by atoms with Crippen molar-refractivity contribution < 1.29 is 86.2 Å². The smallest absolute Gasteiger partial charge is 0.389 e. The Labute approximate surface area is 482 Å². The average Bonchev–Trinajstić information content (AvgIpc) is 3.42. The molecule has 0 bridgehead atoms. The molecule has 0 saturated carbocycles. The molecule has 0 aliphatic heterocycles. The highest BCUT2D eigenvalue weighted by Gasteiger charge is 2.30. The van der Waals surface area contributed by atoms with Crippen molar-refractivity contribution in [3.63, 3.8) is 0 Å². The molecule has 10 atom stereocenters. The fraction of sp³-hybridized carbons (Fsp3) is 0.618. The van der Waals surface area contributed by atoms with E-state index in [4.69, 9.17) is 82.9 Å². The summed E-state index contributed by atoms with van der Waals surface area (Å²) in [7, 11) is 0. The normalized spacial score (nSPS) is 14.5. The summed E-state index contributed by atoms with van der Waals surface area (Å²) in [4.78, 5) is 100. The number of benzene rings is 2. The van der Waals surface area contributed by atoms with E-state index in [2.05, 4.69) is 0 Å². The van der Waals surface area contributed by atoms with Gasteiger partial charge < -0.3 is 82.9 Å². The molecule has 0 heterocycles. The van der Waals surface area contributed by atoms with E-state index in [1.54, 1.807) is 0 Å². The van der Waals surface area contributed by atoms with Crippen molar-refractivity contribution in [3.05, 3.63) is 71.0 Å². The van der Waals surface area contributed by atoms with Crippen LogP contribution in [0.25, 0.3) is 0 Å². The van der Waals surface area contributed by atoms with Gasteiger partial charge in [0.2, 0.25) is 0 Å². The van der Waals surface area contributed by atoms with Gasteiger partial charge in [-0.2, -0.15) is 13.2 Å². The van der Waals surface area contributed by atoms with E-state index < -0.39 is 102 Å². The van der Waals surface area contributed by atoms with E-state index in [0.29, 0.717) is 24.9 Å². The van der Waals surface area contributed by atoms with Crippen LogP contribution in [0.5, 0.6) is 0 Å². The molecule has 25 N–H and O–H groups in total. The van der Waals surface area contributed by atoms with Crippen LogP contribution in [0.1, 0.15) is 114 Å². The van der Waals surface area contributed by atoms with Gasteiger partial charge in [0.15, 0.2) is 23.1 Å². The summed E-state index contributed by atoms with van der Waals surface area (Å²) in [5, 5.41) is 44.4. The number of unbranched alkanes of at least 4 members (excludes halogenated alkanes) is 1. The van der Waals surface area contributed by atoms with Crippen LogP contribution in [0, 0.1) is 42.3 Å². The van der Waals surface area contributed by atoms with Crippen LogP contribution < -0.4 is 57.3 Å². The molecular weight excluding hydrogens is 1100 g/mol. The number of alkyl halides is 3. The largest absolute Gasteiger partial charge is 0.481 e. The number of carboxylic acids is 5. The van der Waals surface area contributed by atoms with Gasteiger partial charge in [0.1, 0.15) is 5.82 Å². The van der Waals surface area contributed by atoms with Crippen LogP contribution in [-0.2, 0) is 56.0 Å². The van der Waals surface area contributed by atoms with Gasteiger partial charge in [-0.3, -0.25) is 43.2 Å². The highest BCUT2D eigenvalue weighted by molar-refractivity contribution is 5.89. The SMILES string of the molecule is CCCC[C@H](CC(=O)[C@H](N)CN)C(=O)O.C[C@@H](CC[C@@H](N)CN)CC(=O)O.Cc1ccc(C[C@H](CC(=O)[C@H](N)CN)C(=O)O)cc1.NC[C@@H](N)C(=O)CC(Cc1ccc(F)cc1)C(=O)O.NC[C@@H](N)C(=O)C[C@@H](CCCC(F)(F)F)C(=O)O. The minimum Gasteiger partial charge on any atom is -0.481 e. The average molecular weight is 1190 g/mol. The molecule has 0 saturated heterocycles. The Morgan fingerprint density at radius 1 is 0.470 bits per heavy atom. The number of halogens is 4. The first kappa shape index (κ1) is 81.0. The first-order valence-electron chi connectivity index (χ1n) is 27.0. The van der Waals surface area contributed by atoms with E-state index in [1.165, 1.54) is 24.3 Å². The zero-order valence-corrected chi connectivity index (χ0v) is 47.7. The van der Waals surface area contributed by atoms with Gasteiger partial charge in [0.05, 0.1) is 47.8 Å². The quantitative estimate of drug-likeness (QED) is 0.0432. The lowest BCUT2D eigenvalue weighted by Crippen LogP contribution is -2.39. The van der Waals surface area contributed by atoms with Gasteiger partial charge >= 0.3 is 36.0 Å². The molecule has 0 radical (unpaired) electrons. The third kappa shape index (κ3) is 41.4. The molecular formula is C55H92F4N10O14. The molecule has 2 aromatic rings. The summed E-state index contributed by atoms with van der Waals surface area (Å²) in [5.74, 6) is -10.1. The van der Waals surface area contributed by atoms with Crippen molar-refractivity contribution in [3.8, 4) is 0 Å². The zero-order chi connectivity index (χ0) is 64.6. The Balaban J connectivity index is -0.000000973. The summed E-state index contributed by atoms with van der Waals surface area (Å²) in [5.41, 5.74) is 56.2. The van der Waals surface area contributed by atoms with Crippen LogP contribution in [0.3, 0.4) is 0 Å². The Bertz CT molecular complexity index is 2150. The summed E-state index contributed by atoms with van der Waals surface area (Å²) < 4.78 is 48.4. The number of hydrogen-bond donors (Lipinski definition) is 15. The highest BCUT2D eigenvalue weighted by Crippen LogP contribution is 2.25. The Kier molecular flexibility index (Phi) is 44.2. The fourth-order valence-electron chi connectivity index (χ4n) is 7.15. The van der Waals surface area contributed by atoms with Crippen molar-refractivity contribution in [2.45, 2.75) is 153 Å². The second kappa shape index (κ2) is 45.3. The molecule has 2 rings (SSSR count). The van der Waals surface area contributed by atoms with Crippen molar-refractivity contribution in [2.75, 3.05) is 32.7 Å². The highest BCUT2D eigenvalue weighted by atomic mass is 19.4. The van der Waals surface area contributed by atoms with Gasteiger partial charge in [-0.05, 0) is 81.0 Å². The topological polar surface area (TPSA) is 515 Å². The maximum atomic E-state index is 12.7. The number of rotatable bonds is 36. The second-order valence-corrected chi connectivity index (χ2v) is 20.1. The number of hydrogen-bond acceptors (Lipinski definition) is 19. The first-order chi connectivity index (χ1) is 38.6. The second-order valence-electron chi connectivity index (χ2n) is 20.1. The van der Waals surface area contributed by atoms with E-state index in [0.717, 1.165) is 36.8 Å².